The first-order chi connectivity index (χ1) is 15.5. The number of likely N-dealkylation sites (N-methyl/N-ethyl adjacent to an activating group) is 1. The zero-order chi connectivity index (χ0) is 24.8. The molecule has 0 aliphatic carbocycles. The molecule has 0 bridgehead atoms. The van der Waals surface area contributed by atoms with Crippen LogP contribution < -0.4 is 9.62 Å². The normalized spacial score (nSPS) is 12.3. The number of anilines is 1. The van der Waals surface area contributed by atoms with Gasteiger partial charge >= 0.3 is 10.2 Å². The van der Waals surface area contributed by atoms with E-state index in [1.165, 1.54) is 19.0 Å². The van der Waals surface area contributed by atoms with E-state index < -0.39 is 28.7 Å². The lowest BCUT2D eigenvalue weighted by Crippen LogP contribution is -2.52. The van der Waals surface area contributed by atoms with Crippen LogP contribution in [0, 0.1) is 0 Å². The molecule has 2 rings (SSSR count). The number of rotatable bonds is 10. The Labute approximate surface area is 205 Å². The second-order valence-corrected chi connectivity index (χ2v) is 10.4. The minimum atomic E-state index is -3.98. The summed E-state index contributed by atoms with van der Waals surface area (Å²) in [7, 11) is -1.20. The molecular formula is C22H28Cl2N4O4S. The van der Waals surface area contributed by atoms with Gasteiger partial charge in [0.15, 0.2) is 0 Å². The molecule has 0 saturated carbocycles. The van der Waals surface area contributed by atoms with Gasteiger partial charge in [-0.25, -0.2) is 4.31 Å². The van der Waals surface area contributed by atoms with E-state index in [1.807, 2.05) is 0 Å². The molecular weight excluding hydrogens is 487 g/mol. The summed E-state index contributed by atoms with van der Waals surface area (Å²) in [5, 5.41) is 3.38. The van der Waals surface area contributed by atoms with Gasteiger partial charge in [-0.2, -0.15) is 12.7 Å². The molecule has 33 heavy (non-hydrogen) atoms. The van der Waals surface area contributed by atoms with Gasteiger partial charge in [-0.1, -0.05) is 47.5 Å². The number of amides is 2. The maximum atomic E-state index is 13.5. The average molecular weight is 515 g/mol. The number of nitrogens with one attached hydrogen (secondary N) is 1. The van der Waals surface area contributed by atoms with Crippen molar-refractivity contribution in [2.75, 3.05) is 31.5 Å². The van der Waals surface area contributed by atoms with Gasteiger partial charge in [0.1, 0.15) is 12.6 Å². The monoisotopic (exact) mass is 514 g/mol. The van der Waals surface area contributed by atoms with Crippen LogP contribution in [0.5, 0.6) is 0 Å². The maximum Gasteiger partial charge on any atom is 0.304 e. The van der Waals surface area contributed by atoms with Gasteiger partial charge in [-0.05, 0) is 43.7 Å². The zero-order valence-electron chi connectivity index (χ0n) is 19.0. The van der Waals surface area contributed by atoms with Crippen LogP contribution in [-0.2, 0) is 26.3 Å². The second-order valence-electron chi connectivity index (χ2n) is 7.47. The van der Waals surface area contributed by atoms with Gasteiger partial charge < -0.3 is 10.2 Å². The van der Waals surface area contributed by atoms with E-state index in [0.717, 1.165) is 8.61 Å². The Hall–Kier alpha value is -2.33. The van der Waals surface area contributed by atoms with Crippen LogP contribution in [0.2, 0.25) is 10.0 Å². The topological polar surface area (TPSA) is 90.0 Å². The average Bonchev–Trinajstić information content (AvgIpc) is 2.78. The van der Waals surface area contributed by atoms with Crippen molar-refractivity contribution in [2.24, 2.45) is 0 Å². The van der Waals surface area contributed by atoms with E-state index in [1.54, 1.807) is 62.4 Å². The van der Waals surface area contributed by atoms with Crippen LogP contribution in [0.15, 0.2) is 48.5 Å². The van der Waals surface area contributed by atoms with Crippen molar-refractivity contribution in [1.82, 2.24) is 14.5 Å². The minimum absolute atomic E-state index is 0.0403. The maximum absolute atomic E-state index is 13.5. The number of hydrogen-bond acceptors (Lipinski definition) is 4. The predicted octanol–water partition coefficient (Wildman–Crippen LogP) is 3.16. The highest BCUT2D eigenvalue weighted by atomic mass is 35.5. The first-order valence-electron chi connectivity index (χ1n) is 10.2. The summed E-state index contributed by atoms with van der Waals surface area (Å²) in [6.45, 7) is 3.31. The number of nitrogens with zero attached hydrogens (tertiary/aromatic N) is 3. The molecule has 0 spiro atoms. The van der Waals surface area contributed by atoms with E-state index in [2.05, 4.69) is 5.32 Å². The molecule has 0 heterocycles. The van der Waals surface area contributed by atoms with E-state index in [9.17, 15) is 18.0 Å². The van der Waals surface area contributed by atoms with Gasteiger partial charge in [-0.15, -0.1) is 0 Å². The Bertz CT molecular complexity index is 1080. The van der Waals surface area contributed by atoms with Gasteiger partial charge in [-0.3, -0.25) is 9.59 Å². The van der Waals surface area contributed by atoms with Crippen LogP contribution in [0.1, 0.15) is 19.4 Å². The molecule has 180 valence electrons. The summed E-state index contributed by atoms with van der Waals surface area (Å²) in [5.41, 5.74) is 0.982. The Morgan fingerprint density at radius 2 is 1.67 bits per heavy atom. The van der Waals surface area contributed by atoms with Crippen LogP contribution >= 0.6 is 23.2 Å². The van der Waals surface area contributed by atoms with Gasteiger partial charge in [0, 0.05) is 27.2 Å². The van der Waals surface area contributed by atoms with Crippen molar-refractivity contribution in [2.45, 2.75) is 26.4 Å². The summed E-state index contributed by atoms with van der Waals surface area (Å²) in [6, 6.07) is 12.4. The van der Waals surface area contributed by atoms with E-state index in [4.69, 9.17) is 23.2 Å². The quantitative estimate of drug-likeness (QED) is 0.527. The second kappa shape index (κ2) is 11.7. The minimum Gasteiger partial charge on any atom is -0.355 e. The van der Waals surface area contributed by atoms with Crippen molar-refractivity contribution in [3.8, 4) is 0 Å². The first-order valence-corrected chi connectivity index (χ1v) is 12.4. The fraction of sp³-hybridized carbons (Fsp3) is 0.364. The molecule has 0 aromatic heterocycles. The summed E-state index contributed by atoms with van der Waals surface area (Å²) >= 11 is 12.1. The van der Waals surface area contributed by atoms with Gasteiger partial charge in [0.05, 0.1) is 15.7 Å². The molecule has 1 atom stereocenters. The molecule has 0 aliphatic heterocycles. The lowest BCUT2D eigenvalue weighted by atomic mass is 10.1. The number of carbonyl (C=O) groups excluding carboxylic acids is 2. The highest BCUT2D eigenvalue weighted by Crippen LogP contribution is 2.24. The summed E-state index contributed by atoms with van der Waals surface area (Å²) in [6.07, 6.45) is 0. The number of benzene rings is 2. The fourth-order valence-electron chi connectivity index (χ4n) is 3.05. The molecule has 0 unspecified atom stereocenters. The van der Waals surface area contributed by atoms with Crippen molar-refractivity contribution in [1.29, 1.82) is 0 Å². The van der Waals surface area contributed by atoms with Crippen LogP contribution in [-0.4, -0.2) is 62.7 Å². The van der Waals surface area contributed by atoms with Crippen LogP contribution in [0.25, 0.3) is 0 Å². The Morgan fingerprint density at radius 1 is 1.03 bits per heavy atom. The molecule has 2 amide bonds. The molecule has 0 radical (unpaired) electrons. The Balaban J connectivity index is 2.44. The fourth-order valence-corrected chi connectivity index (χ4v) is 4.43. The molecule has 2 aromatic carbocycles. The SMILES string of the molecule is CCNC(=O)[C@H](C)N(Cc1ccc(Cl)c(Cl)c1)C(=O)CN(c1ccccc1)S(=O)(=O)N(C)C. The van der Waals surface area contributed by atoms with Crippen molar-refractivity contribution < 1.29 is 18.0 Å². The zero-order valence-corrected chi connectivity index (χ0v) is 21.3. The first kappa shape index (κ1) is 26.9. The summed E-state index contributed by atoms with van der Waals surface area (Å²) in [5.74, 6) is -0.901. The molecule has 2 aromatic rings. The molecule has 0 saturated heterocycles. The molecule has 0 aliphatic rings. The third-order valence-electron chi connectivity index (χ3n) is 4.92. The smallest absolute Gasteiger partial charge is 0.304 e. The molecule has 8 nitrogen and oxygen atoms in total. The van der Waals surface area contributed by atoms with Crippen molar-refractivity contribution in [3.05, 3.63) is 64.1 Å². The molecule has 1 N–H and O–H groups in total. The lowest BCUT2D eigenvalue weighted by molar-refractivity contribution is -0.139. The standard InChI is InChI=1S/C22H28Cl2N4O4S/c1-5-25-22(30)16(2)27(14-17-11-12-19(23)20(24)13-17)21(29)15-28(33(31,32)26(3)4)18-9-7-6-8-10-18/h6-13,16H,5,14-15H2,1-4H3,(H,25,30)/t16-/m0/s1. The lowest BCUT2D eigenvalue weighted by Gasteiger charge is -2.32. The van der Waals surface area contributed by atoms with Crippen molar-refractivity contribution in [3.63, 3.8) is 0 Å². The summed E-state index contributed by atoms with van der Waals surface area (Å²) in [4.78, 5) is 27.4. The Kier molecular flexibility index (Phi) is 9.54. The van der Waals surface area contributed by atoms with E-state index in [-0.39, 0.29) is 12.5 Å². The van der Waals surface area contributed by atoms with Gasteiger partial charge in [0.2, 0.25) is 11.8 Å². The summed E-state index contributed by atoms with van der Waals surface area (Å²) < 4.78 is 28.1. The van der Waals surface area contributed by atoms with E-state index >= 15 is 0 Å². The number of hydrogen-bond donors (Lipinski definition) is 1. The third-order valence-corrected chi connectivity index (χ3v) is 7.48. The van der Waals surface area contributed by atoms with Crippen LogP contribution in [0.3, 0.4) is 0 Å². The van der Waals surface area contributed by atoms with Gasteiger partial charge in [0.25, 0.3) is 0 Å². The third kappa shape index (κ3) is 6.83. The van der Waals surface area contributed by atoms with Crippen LogP contribution in [0.4, 0.5) is 5.69 Å². The largest absolute Gasteiger partial charge is 0.355 e. The Morgan fingerprint density at radius 3 is 2.21 bits per heavy atom. The number of halogens is 2. The molecule has 11 heteroatoms. The predicted molar refractivity (Wildman–Crippen MR) is 132 cm³/mol. The van der Waals surface area contributed by atoms with Crippen molar-refractivity contribution >= 4 is 50.9 Å². The molecule has 0 fully saturated rings. The number of para-hydroxylation sites is 1. The number of carbonyl (C=O) groups is 2. The van der Waals surface area contributed by atoms with E-state index in [0.29, 0.717) is 27.8 Å². The highest BCUT2D eigenvalue weighted by Gasteiger charge is 2.32. The highest BCUT2D eigenvalue weighted by molar-refractivity contribution is 7.90.